The van der Waals surface area contributed by atoms with Crippen LogP contribution in [0.1, 0.15) is 16.7 Å². The van der Waals surface area contributed by atoms with Crippen LogP contribution in [0.3, 0.4) is 0 Å². The highest BCUT2D eigenvalue weighted by molar-refractivity contribution is 7.90. The van der Waals surface area contributed by atoms with Crippen molar-refractivity contribution in [2.24, 2.45) is 0 Å². The first kappa shape index (κ1) is 13.0. The Kier molecular flexibility index (Phi) is 3.06. The Balaban J connectivity index is 3.64. The fourth-order valence-corrected chi connectivity index (χ4v) is 2.57. The monoisotopic (exact) mass is 252 g/mol. The molecule has 0 aliphatic heterocycles. The summed E-state index contributed by atoms with van der Waals surface area (Å²) in [4.78, 5) is -0.264. The van der Waals surface area contributed by atoms with E-state index in [0.29, 0.717) is 0 Å². The molecule has 0 amide bonds. The molecule has 0 saturated heterocycles. The molecular formula is C10H11F3O2S. The molecule has 1 aromatic rings. The van der Waals surface area contributed by atoms with Gasteiger partial charge < -0.3 is 0 Å². The van der Waals surface area contributed by atoms with E-state index in [1.165, 1.54) is 19.9 Å². The second kappa shape index (κ2) is 3.76. The lowest BCUT2D eigenvalue weighted by Crippen LogP contribution is -2.12. The van der Waals surface area contributed by atoms with Crippen LogP contribution in [0.25, 0.3) is 0 Å². The zero-order chi connectivity index (χ0) is 12.7. The van der Waals surface area contributed by atoms with E-state index < -0.39 is 21.6 Å². The van der Waals surface area contributed by atoms with Crippen molar-refractivity contribution in [3.8, 4) is 0 Å². The zero-order valence-electron chi connectivity index (χ0n) is 9.01. The summed E-state index contributed by atoms with van der Waals surface area (Å²) >= 11 is 0. The highest BCUT2D eigenvalue weighted by Crippen LogP contribution is 2.35. The molecule has 0 atom stereocenters. The summed E-state index contributed by atoms with van der Waals surface area (Å²) < 4.78 is 60.4. The Morgan fingerprint density at radius 1 is 1.12 bits per heavy atom. The fraction of sp³-hybridized carbons (Fsp3) is 0.400. The second-order valence-corrected chi connectivity index (χ2v) is 5.69. The third-order valence-corrected chi connectivity index (χ3v) is 3.43. The van der Waals surface area contributed by atoms with Crippen molar-refractivity contribution in [1.82, 2.24) is 0 Å². The third-order valence-electron chi connectivity index (χ3n) is 2.21. The minimum atomic E-state index is -4.53. The minimum Gasteiger partial charge on any atom is -0.224 e. The van der Waals surface area contributed by atoms with Crippen molar-refractivity contribution >= 4 is 9.84 Å². The lowest BCUT2D eigenvalue weighted by Gasteiger charge is -2.14. The molecule has 0 aromatic heterocycles. The van der Waals surface area contributed by atoms with Gasteiger partial charge in [0.15, 0.2) is 9.84 Å². The minimum absolute atomic E-state index is 0.249. The molecule has 0 unspecified atom stereocenters. The van der Waals surface area contributed by atoms with E-state index in [2.05, 4.69) is 0 Å². The topological polar surface area (TPSA) is 34.1 Å². The summed E-state index contributed by atoms with van der Waals surface area (Å²) in [6.07, 6.45) is -3.63. The van der Waals surface area contributed by atoms with Gasteiger partial charge in [-0.3, -0.25) is 0 Å². The molecule has 0 spiro atoms. The quantitative estimate of drug-likeness (QED) is 0.770. The van der Waals surface area contributed by atoms with Crippen molar-refractivity contribution in [3.05, 3.63) is 28.8 Å². The maximum absolute atomic E-state index is 12.6. The Morgan fingerprint density at radius 3 is 2.00 bits per heavy atom. The van der Waals surface area contributed by atoms with Crippen LogP contribution in [0.4, 0.5) is 13.2 Å². The highest BCUT2D eigenvalue weighted by Gasteiger charge is 2.34. The average Bonchev–Trinajstić information content (AvgIpc) is 2.04. The van der Waals surface area contributed by atoms with Gasteiger partial charge in [0.2, 0.25) is 0 Å². The van der Waals surface area contributed by atoms with Gasteiger partial charge in [-0.25, -0.2) is 8.42 Å². The van der Waals surface area contributed by atoms with Crippen molar-refractivity contribution in [3.63, 3.8) is 0 Å². The van der Waals surface area contributed by atoms with E-state index in [-0.39, 0.29) is 16.0 Å². The maximum atomic E-state index is 12.6. The summed E-state index contributed by atoms with van der Waals surface area (Å²) in [5.74, 6) is 0. The van der Waals surface area contributed by atoms with Gasteiger partial charge in [0.05, 0.1) is 10.5 Å². The number of aryl methyl sites for hydroxylation is 1. The Hall–Kier alpha value is -1.04. The van der Waals surface area contributed by atoms with E-state index in [9.17, 15) is 21.6 Å². The van der Waals surface area contributed by atoms with Gasteiger partial charge in [-0.2, -0.15) is 13.2 Å². The van der Waals surface area contributed by atoms with Crippen LogP contribution in [0.2, 0.25) is 0 Å². The molecule has 0 N–H and O–H groups in total. The molecule has 16 heavy (non-hydrogen) atoms. The van der Waals surface area contributed by atoms with Crippen LogP contribution in [0.15, 0.2) is 17.0 Å². The molecule has 0 fully saturated rings. The lowest BCUT2D eigenvalue weighted by molar-refractivity contribution is -0.138. The van der Waals surface area contributed by atoms with Gasteiger partial charge in [0.1, 0.15) is 0 Å². The van der Waals surface area contributed by atoms with Crippen molar-refractivity contribution in [1.29, 1.82) is 0 Å². The molecule has 0 heterocycles. The van der Waals surface area contributed by atoms with E-state index in [1.807, 2.05) is 0 Å². The van der Waals surface area contributed by atoms with E-state index in [4.69, 9.17) is 0 Å². The van der Waals surface area contributed by atoms with Gasteiger partial charge in [-0.15, -0.1) is 0 Å². The smallest absolute Gasteiger partial charge is 0.224 e. The fourth-order valence-electron chi connectivity index (χ4n) is 1.50. The first-order valence-electron chi connectivity index (χ1n) is 4.42. The molecule has 0 bridgehead atoms. The summed E-state index contributed by atoms with van der Waals surface area (Å²) in [5.41, 5.74) is -0.869. The molecule has 1 aromatic carbocycles. The predicted octanol–water partition coefficient (Wildman–Crippen LogP) is 2.73. The van der Waals surface area contributed by atoms with Gasteiger partial charge in [0.25, 0.3) is 0 Å². The van der Waals surface area contributed by atoms with Crippen molar-refractivity contribution in [2.75, 3.05) is 6.26 Å². The van der Waals surface area contributed by atoms with Crippen LogP contribution in [0.5, 0.6) is 0 Å². The molecule has 6 heteroatoms. The Labute approximate surface area is 92.0 Å². The highest BCUT2D eigenvalue weighted by atomic mass is 32.2. The average molecular weight is 252 g/mol. The number of hydrogen-bond donors (Lipinski definition) is 0. The largest absolute Gasteiger partial charge is 0.416 e. The molecule has 0 aliphatic carbocycles. The van der Waals surface area contributed by atoms with Crippen LogP contribution in [-0.2, 0) is 16.0 Å². The number of sulfone groups is 1. The SMILES string of the molecule is Cc1cc(C(F)(F)F)c(C)c(S(C)(=O)=O)c1. The van der Waals surface area contributed by atoms with E-state index >= 15 is 0 Å². The molecule has 0 aliphatic rings. The third kappa shape index (κ3) is 2.55. The zero-order valence-corrected chi connectivity index (χ0v) is 9.83. The molecule has 1 rings (SSSR count). The van der Waals surface area contributed by atoms with Crippen LogP contribution < -0.4 is 0 Å². The first-order valence-corrected chi connectivity index (χ1v) is 6.31. The predicted molar refractivity (Wildman–Crippen MR) is 54.0 cm³/mol. The summed E-state index contributed by atoms with van der Waals surface area (Å²) in [6.45, 7) is 2.60. The summed E-state index contributed by atoms with van der Waals surface area (Å²) in [5, 5.41) is 0. The van der Waals surface area contributed by atoms with E-state index in [1.54, 1.807) is 0 Å². The first-order chi connectivity index (χ1) is 7.03. The van der Waals surface area contributed by atoms with Gasteiger partial charge in [-0.05, 0) is 37.1 Å². The van der Waals surface area contributed by atoms with Gasteiger partial charge in [0, 0.05) is 6.26 Å². The van der Waals surface area contributed by atoms with Crippen LogP contribution in [-0.4, -0.2) is 14.7 Å². The standard InChI is InChI=1S/C10H11F3O2S/c1-6-4-8(10(11,12)13)7(2)9(5-6)16(3,14)15/h4-5H,1-3H3. The van der Waals surface area contributed by atoms with Gasteiger partial charge >= 0.3 is 6.18 Å². The number of hydrogen-bond acceptors (Lipinski definition) is 2. The van der Waals surface area contributed by atoms with Crippen molar-refractivity contribution in [2.45, 2.75) is 24.9 Å². The van der Waals surface area contributed by atoms with Crippen LogP contribution >= 0.6 is 0 Å². The normalized spacial score (nSPS) is 12.9. The lowest BCUT2D eigenvalue weighted by atomic mass is 10.1. The Morgan fingerprint density at radius 2 is 1.62 bits per heavy atom. The molecule has 90 valence electrons. The molecule has 0 saturated carbocycles. The summed E-state index contributed by atoms with van der Waals surface area (Å²) in [7, 11) is -3.64. The van der Waals surface area contributed by atoms with Crippen LogP contribution in [0, 0.1) is 13.8 Å². The molecule has 2 nitrogen and oxygen atoms in total. The van der Waals surface area contributed by atoms with Crippen molar-refractivity contribution < 1.29 is 21.6 Å². The van der Waals surface area contributed by atoms with E-state index in [0.717, 1.165) is 12.3 Å². The number of benzene rings is 1. The second-order valence-electron chi connectivity index (χ2n) is 3.71. The number of alkyl halides is 3. The molecule has 0 radical (unpaired) electrons. The number of rotatable bonds is 1. The summed E-state index contributed by atoms with van der Waals surface area (Å²) in [6, 6.07) is 2.20. The molecular weight excluding hydrogens is 241 g/mol. The van der Waals surface area contributed by atoms with Gasteiger partial charge in [-0.1, -0.05) is 0 Å². The number of halogens is 3. The Bertz CT molecular complexity index is 516. The maximum Gasteiger partial charge on any atom is 0.416 e.